The lowest BCUT2D eigenvalue weighted by atomic mass is 10.3. The van der Waals surface area contributed by atoms with Crippen LogP contribution < -0.4 is 4.72 Å². The van der Waals surface area contributed by atoms with E-state index >= 15 is 0 Å². The second-order valence-corrected chi connectivity index (χ2v) is 6.55. The molecule has 9 heteroatoms. The molecule has 0 aliphatic rings. The van der Waals surface area contributed by atoms with E-state index in [1.54, 1.807) is 0 Å². The van der Waals surface area contributed by atoms with E-state index in [1.165, 1.54) is 19.2 Å². The van der Waals surface area contributed by atoms with Crippen LogP contribution in [0.3, 0.4) is 0 Å². The summed E-state index contributed by atoms with van der Waals surface area (Å²) in [5, 5.41) is 9.24. The molecule has 20 heavy (non-hydrogen) atoms. The normalized spacial score (nSPS) is 11.2. The third-order valence-corrected chi connectivity index (χ3v) is 4.26. The number of rotatable bonds is 6. The Morgan fingerprint density at radius 3 is 2.40 bits per heavy atom. The highest BCUT2D eigenvalue weighted by molar-refractivity contribution is 7.92. The van der Waals surface area contributed by atoms with Gasteiger partial charge in [-0.1, -0.05) is 23.2 Å². The molecule has 0 saturated carbocycles. The maximum absolute atomic E-state index is 11.8. The highest BCUT2D eigenvalue weighted by Crippen LogP contribution is 2.34. The van der Waals surface area contributed by atoms with Gasteiger partial charge in [0.05, 0.1) is 28.6 Å². The van der Waals surface area contributed by atoms with Crippen LogP contribution in [0.2, 0.25) is 10.0 Å². The number of aromatic hydroxyl groups is 1. The molecule has 0 bridgehead atoms. The summed E-state index contributed by atoms with van der Waals surface area (Å²) in [6, 6.07) is 2.47. The number of ether oxygens (including phenoxy) is 1. The molecule has 0 radical (unpaired) electrons. The first-order chi connectivity index (χ1) is 9.25. The predicted octanol–water partition coefficient (Wildman–Crippen LogP) is 2.39. The fourth-order valence-corrected chi connectivity index (χ4v) is 2.95. The predicted molar refractivity (Wildman–Crippen MR) is 76.8 cm³/mol. The van der Waals surface area contributed by atoms with E-state index in [-0.39, 0.29) is 40.1 Å². The molecule has 0 aromatic heterocycles. The van der Waals surface area contributed by atoms with Gasteiger partial charge < -0.3 is 9.84 Å². The van der Waals surface area contributed by atoms with Crippen molar-refractivity contribution < 1.29 is 23.1 Å². The van der Waals surface area contributed by atoms with Crippen LogP contribution in [0.5, 0.6) is 5.75 Å². The van der Waals surface area contributed by atoms with E-state index < -0.39 is 16.0 Å². The Kier molecular flexibility index (Phi) is 5.91. The van der Waals surface area contributed by atoms with Crippen LogP contribution in [0, 0.1) is 0 Å². The van der Waals surface area contributed by atoms with E-state index in [9.17, 15) is 18.3 Å². The topological polar surface area (TPSA) is 92.7 Å². The summed E-state index contributed by atoms with van der Waals surface area (Å²) < 4.78 is 30.2. The molecule has 0 heterocycles. The van der Waals surface area contributed by atoms with E-state index in [0.29, 0.717) is 0 Å². The van der Waals surface area contributed by atoms with Crippen molar-refractivity contribution in [1.82, 2.24) is 0 Å². The number of benzene rings is 1. The summed E-state index contributed by atoms with van der Waals surface area (Å²) in [7, 11) is -2.41. The highest BCUT2D eigenvalue weighted by Gasteiger charge is 2.14. The van der Waals surface area contributed by atoms with Gasteiger partial charge in [-0.3, -0.25) is 9.52 Å². The third kappa shape index (κ3) is 5.07. The fourth-order valence-electron chi connectivity index (χ4n) is 1.36. The van der Waals surface area contributed by atoms with Gasteiger partial charge in [-0.25, -0.2) is 8.42 Å². The molecule has 6 nitrogen and oxygen atoms in total. The Morgan fingerprint density at radius 2 is 1.90 bits per heavy atom. The number of halogens is 2. The summed E-state index contributed by atoms with van der Waals surface area (Å²) in [5.41, 5.74) is 0.135. The molecule has 0 saturated heterocycles. The lowest BCUT2D eigenvalue weighted by Crippen LogP contribution is -2.17. The molecule has 0 aliphatic carbocycles. The lowest BCUT2D eigenvalue weighted by Gasteiger charge is -2.09. The van der Waals surface area contributed by atoms with Gasteiger partial charge in [0, 0.05) is 6.42 Å². The Balaban J connectivity index is 2.69. The van der Waals surface area contributed by atoms with Gasteiger partial charge in [0.2, 0.25) is 10.0 Å². The second-order valence-electron chi connectivity index (χ2n) is 3.89. The van der Waals surface area contributed by atoms with Crippen molar-refractivity contribution in [2.45, 2.75) is 12.8 Å². The first kappa shape index (κ1) is 16.9. The van der Waals surface area contributed by atoms with Gasteiger partial charge in [-0.2, -0.15) is 0 Å². The van der Waals surface area contributed by atoms with Crippen molar-refractivity contribution >= 4 is 44.9 Å². The maximum Gasteiger partial charge on any atom is 0.305 e. The van der Waals surface area contributed by atoms with E-state index in [4.69, 9.17) is 23.2 Å². The zero-order valence-electron chi connectivity index (χ0n) is 10.5. The smallest absolute Gasteiger partial charge is 0.305 e. The molecule has 0 fully saturated rings. The van der Waals surface area contributed by atoms with Crippen LogP contribution in [0.4, 0.5) is 5.69 Å². The van der Waals surface area contributed by atoms with Gasteiger partial charge in [0.1, 0.15) is 0 Å². The van der Waals surface area contributed by atoms with Crippen molar-refractivity contribution in [2.75, 3.05) is 17.6 Å². The molecule has 1 rings (SSSR count). The number of carbonyl (C=O) groups is 1. The average Bonchev–Trinajstić information content (AvgIpc) is 2.34. The maximum atomic E-state index is 11.8. The van der Waals surface area contributed by atoms with Crippen LogP contribution in [-0.2, 0) is 19.6 Å². The Labute approximate surface area is 126 Å². The number of nitrogens with one attached hydrogen (secondary N) is 1. The van der Waals surface area contributed by atoms with Crippen LogP contribution >= 0.6 is 23.2 Å². The van der Waals surface area contributed by atoms with Crippen LogP contribution in [0.1, 0.15) is 12.8 Å². The Hall–Kier alpha value is -1.18. The van der Waals surface area contributed by atoms with Crippen LogP contribution in [0.15, 0.2) is 12.1 Å². The minimum absolute atomic E-state index is 0.00843. The van der Waals surface area contributed by atoms with Crippen molar-refractivity contribution in [2.24, 2.45) is 0 Å². The molecule has 0 aliphatic heterocycles. The first-order valence-corrected chi connectivity index (χ1v) is 7.91. The number of methoxy groups -OCH3 is 1. The summed E-state index contributed by atoms with van der Waals surface area (Å²) in [6.07, 6.45) is 0.135. The minimum atomic E-state index is -3.64. The lowest BCUT2D eigenvalue weighted by molar-refractivity contribution is -0.140. The van der Waals surface area contributed by atoms with Gasteiger partial charge in [-0.15, -0.1) is 0 Å². The number of carbonyl (C=O) groups excluding carboxylic acids is 1. The number of phenols is 1. The number of anilines is 1. The standard InChI is InChI=1S/C11H13Cl2NO5S/c1-19-10(15)3-2-4-20(17,18)14-7-5-8(12)11(16)9(13)6-7/h5-6,14,16H,2-4H2,1H3. The summed E-state index contributed by atoms with van der Waals surface area (Å²) in [5.74, 6) is -1.05. The Morgan fingerprint density at radius 1 is 1.35 bits per heavy atom. The van der Waals surface area contributed by atoms with Crippen LogP contribution in [0.25, 0.3) is 0 Å². The zero-order chi connectivity index (χ0) is 15.3. The monoisotopic (exact) mass is 341 g/mol. The van der Waals surface area contributed by atoms with Gasteiger partial charge in [0.25, 0.3) is 0 Å². The molecule has 1 aromatic rings. The summed E-state index contributed by atoms with van der Waals surface area (Å²) in [4.78, 5) is 10.9. The molecule has 0 atom stereocenters. The molecule has 112 valence electrons. The third-order valence-electron chi connectivity index (χ3n) is 2.31. The summed E-state index contributed by atoms with van der Waals surface area (Å²) >= 11 is 11.4. The van der Waals surface area contributed by atoms with Crippen molar-refractivity contribution in [3.05, 3.63) is 22.2 Å². The number of esters is 1. The number of phenolic OH excluding ortho intramolecular Hbond substituents is 1. The highest BCUT2D eigenvalue weighted by atomic mass is 35.5. The van der Waals surface area contributed by atoms with Gasteiger partial charge >= 0.3 is 5.97 Å². The molecule has 0 unspecified atom stereocenters. The van der Waals surface area contributed by atoms with Crippen LogP contribution in [-0.4, -0.2) is 32.4 Å². The second kappa shape index (κ2) is 7.01. The fraction of sp³-hybridized carbons (Fsp3) is 0.364. The van der Waals surface area contributed by atoms with Crippen molar-refractivity contribution in [3.8, 4) is 5.75 Å². The van der Waals surface area contributed by atoms with Gasteiger partial charge in [0.15, 0.2) is 5.75 Å². The average molecular weight is 342 g/mol. The summed E-state index contributed by atoms with van der Waals surface area (Å²) in [6.45, 7) is 0. The van der Waals surface area contributed by atoms with E-state index in [2.05, 4.69) is 9.46 Å². The minimum Gasteiger partial charge on any atom is -0.505 e. The van der Waals surface area contributed by atoms with E-state index in [0.717, 1.165) is 0 Å². The molecule has 1 aromatic carbocycles. The number of sulfonamides is 1. The Bertz CT molecular complexity index is 580. The molecular weight excluding hydrogens is 329 g/mol. The van der Waals surface area contributed by atoms with Crippen molar-refractivity contribution in [1.29, 1.82) is 0 Å². The zero-order valence-corrected chi connectivity index (χ0v) is 12.8. The molecule has 0 spiro atoms. The molecular formula is C11H13Cl2NO5S. The largest absolute Gasteiger partial charge is 0.505 e. The number of hydrogen-bond donors (Lipinski definition) is 2. The molecule has 0 amide bonds. The van der Waals surface area contributed by atoms with Crippen molar-refractivity contribution in [3.63, 3.8) is 0 Å². The van der Waals surface area contributed by atoms with Gasteiger partial charge in [-0.05, 0) is 18.6 Å². The number of hydrogen-bond acceptors (Lipinski definition) is 5. The first-order valence-electron chi connectivity index (χ1n) is 5.50. The SMILES string of the molecule is COC(=O)CCCS(=O)(=O)Nc1cc(Cl)c(O)c(Cl)c1. The van der Waals surface area contributed by atoms with E-state index in [1.807, 2.05) is 0 Å². The quantitative estimate of drug-likeness (QED) is 0.612. The molecule has 2 N–H and O–H groups in total.